The third kappa shape index (κ3) is 7.42. The van der Waals surface area contributed by atoms with Crippen molar-refractivity contribution in [2.75, 3.05) is 17.1 Å². The minimum absolute atomic E-state index is 0.0180. The highest BCUT2D eigenvalue weighted by Gasteiger charge is 2.32. The van der Waals surface area contributed by atoms with Crippen molar-refractivity contribution in [2.24, 2.45) is 0 Å². The van der Waals surface area contributed by atoms with Crippen LogP contribution in [0.3, 0.4) is 0 Å². The lowest BCUT2D eigenvalue weighted by atomic mass is 10.1. The number of nitrogens with one attached hydrogen (secondary N) is 1. The number of sulfonamides is 1. The molecular formula is C25H31ClN4O6S. The van der Waals surface area contributed by atoms with Crippen LogP contribution in [-0.4, -0.2) is 54.9 Å². The van der Waals surface area contributed by atoms with E-state index in [1.807, 2.05) is 0 Å². The van der Waals surface area contributed by atoms with Gasteiger partial charge >= 0.3 is 0 Å². The molecule has 0 bridgehead atoms. The van der Waals surface area contributed by atoms with Crippen molar-refractivity contribution in [1.82, 2.24) is 10.2 Å². The van der Waals surface area contributed by atoms with Gasteiger partial charge in [-0.1, -0.05) is 42.6 Å². The number of carbonyl (C=O) groups is 2. The Morgan fingerprint density at radius 3 is 2.46 bits per heavy atom. The van der Waals surface area contributed by atoms with Crippen LogP contribution in [0.2, 0.25) is 5.02 Å². The number of nitro benzene ring substituents is 1. The fraction of sp³-hybridized carbons (Fsp3) is 0.440. The molecule has 1 unspecified atom stereocenters. The lowest BCUT2D eigenvalue weighted by Crippen LogP contribution is -2.52. The van der Waals surface area contributed by atoms with Crippen molar-refractivity contribution in [2.45, 2.75) is 58.2 Å². The van der Waals surface area contributed by atoms with Gasteiger partial charge in [-0.15, -0.1) is 0 Å². The van der Waals surface area contributed by atoms with E-state index < -0.39 is 33.4 Å². The summed E-state index contributed by atoms with van der Waals surface area (Å²) in [5.74, 6) is -0.968. The quantitative estimate of drug-likeness (QED) is 0.354. The summed E-state index contributed by atoms with van der Waals surface area (Å²) in [6.07, 6.45) is 4.71. The highest BCUT2D eigenvalue weighted by molar-refractivity contribution is 7.92. The predicted molar refractivity (Wildman–Crippen MR) is 142 cm³/mol. The SMILES string of the molecule is Cc1ccc([N+](=O)[O-])cc1N(CC(=O)N(Cc1cccc(Cl)c1)C(C)C(=O)NC1CCCC1)S(C)(=O)=O. The van der Waals surface area contributed by atoms with Gasteiger partial charge in [-0.3, -0.25) is 24.0 Å². The molecule has 1 fully saturated rings. The van der Waals surface area contributed by atoms with Gasteiger partial charge in [0.1, 0.15) is 12.6 Å². The zero-order chi connectivity index (χ0) is 27.3. The Bertz CT molecular complexity index is 1280. The van der Waals surface area contributed by atoms with Crippen LogP contribution >= 0.6 is 11.6 Å². The van der Waals surface area contributed by atoms with Crippen LogP contribution in [0.1, 0.15) is 43.7 Å². The maximum Gasteiger partial charge on any atom is 0.271 e. The summed E-state index contributed by atoms with van der Waals surface area (Å²) in [6, 6.07) is 9.79. The van der Waals surface area contributed by atoms with E-state index in [1.165, 1.54) is 17.0 Å². The Balaban J connectivity index is 1.94. The van der Waals surface area contributed by atoms with E-state index in [2.05, 4.69) is 5.32 Å². The summed E-state index contributed by atoms with van der Waals surface area (Å²) in [5, 5.41) is 14.8. The Morgan fingerprint density at radius 1 is 1.19 bits per heavy atom. The Labute approximate surface area is 221 Å². The number of rotatable bonds is 10. The highest BCUT2D eigenvalue weighted by Crippen LogP contribution is 2.28. The lowest BCUT2D eigenvalue weighted by Gasteiger charge is -2.32. The molecule has 0 heterocycles. The van der Waals surface area contributed by atoms with Gasteiger partial charge in [-0.05, 0) is 49.9 Å². The number of halogens is 1. The van der Waals surface area contributed by atoms with Gasteiger partial charge in [-0.25, -0.2) is 8.42 Å². The van der Waals surface area contributed by atoms with E-state index in [4.69, 9.17) is 11.6 Å². The number of hydrogen-bond acceptors (Lipinski definition) is 6. The van der Waals surface area contributed by atoms with Crippen LogP contribution in [0.5, 0.6) is 0 Å². The van der Waals surface area contributed by atoms with Gasteiger partial charge in [0.15, 0.2) is 0 Å². The zero-order valence-electron chi connectivity index (χ0n) is 21.0. The molecule has 1 aliphatic carbocycles. The number of aryl methyl sites for hydroxylation is 1. The van der Waals surface area contributed by atoms with Crippen molar-refractivity contribution in [1.29, 1.82) is 0 Å². The molecule has 0 aromatic heterocycles. The molecule has 1 saturated carbocycles. The van der Waals surface area contributed by atoms with E-state index in [-0.39, 0.29) is 29.9 Å². The minimum atomic E-state index is -4.01. The van der Waals surface area contributed by atoms with Crippen LogP contribution in [0, 0.1) is 17.0 Å². The van der Waals surface area contributed by atoms with E-state index in [0.29, 0.717) is 16.1 Å². The number of nitrogens with zero attached hydrogens (tertiary/aromatic N) is 3. The van der Waals surface area contributed by atoms with Crippen molar-refractivity contribution in [3.63, 3.8) is 0 Å². The third-order valence-corrected chi connectivity index (χ3v) is 7.82. The van der Waals surface area contributed by atoms with Crippen LogP contribution < -0.4 is 9.62 Å². The summed E-state index contributed by atoms with van der Waals surface area (Å²) in [4.78, 5) is 38.7. The molecule has 37 heavy (non-hydrogen) atoms. The Morgan fingerprint density at radius 2 is 1.86 bits per heavy atom. The van der Waals surface area contributed by atoms with Crippen molar-refractivity contribution in [3.05, 3.63) is 68.7 Å². The number of amides is 2. The third-order valence-electron chi connectivity index (χ3n) is 6.46. The summed E-state index contributed by atoms with van der Waals surface area (Å²) in [6.45, 7) is 2.58. The zero-order valence-corrected chi connectivity index (χ0v) is 22.6. The van der Waals surface area contributed by atoms with Crippen molar-refractivity contribution < 1.29 is 22.9 Å². The Kier molecular flexibility index (Phi) is 9.14. The van der Waals surface area contributed by atoms with E-state index in [9.17, 15) is 28.1 Å². The van der Waals surface area contributed by atoms with Gasteiger partial charge in [-0.2, -0.15) is 0 Å². The fourth-order valence-electron chi connectivity index (χ4n) is 4.38. The monoisotopic (exact) mass is 550 g/mol. The second-order valence-electron chi connectivity index (χ2n) is 9.32. The maximum absolute atomic E-state index is 13.6. The molecule has 0 radical (unpaired) electrons. The van der Waals surface area contributed by atoms with Gasteiger partial charge in [0, 0.05) is 29.7 Å². The second kappa shape index (κ2) is 11.9. The molecule has 3 rings (SSSR count). The van der Waals surface area contributed by atoms with Gasteiger partial charge in [0.05, 0.1) is 16.9 Å². The van der Waals surface area contributed by atoms with Crippen LogP contribution in [-0.2, 0) is 26.2 Å². The fourth-order valence-corrected chi connectivity index (χ4v) is 5.49. The summed E-state index contributed by atoms with van der Waals surface area (Å²) >= 11 is 6.12. The number of nitro groups is 1. The molecule has 1 atom stereocenters. The number of carbonyl (C=O) groups excluding carboxylic acids is 2. The molecule has 10 nitrogen and oxygen atoms in total. The molecule has 0 spiro atoms. The minimum Gasteiger partial charge on any atom is -0.352 e. The highest BCUT2D eigenvalue weighted by atomic mass is 35.5. The number of non-ortho nitro benzene ring substituents is 1. The normalized spacial score (nSPS) is 14.7. The molecule has 2 amide bonds. The average molecular weight is 551 g/mol. The molecule has 12 heteroatoms. The molecule has 1 aliphatic rings. The van der Waals surface area contributed by atoms with Crippen molar-refractivity contribution >= 4 is 44.8 Å². The largest absolute Gasteiger partial charge is 0.352 e. The lowest BCUT2D eigenvalue weighted by molar-refractivity contribution is -0.384. The van der Waals surface area contributed by atoms with E-state index in [0.717, 1.165) is 42.3 Å². The molecule has 0 saturated heterocycles. The number of benzene rings is 2. The van der Waals surface area contributed by atoms with Gasteiger partial charge < -0.3 is 10.2 Å². The first-order chi connectivity index (χ1) is 17.4. The van der Waals surface area contributed by atoms with Crippen molar-refractivity contribution in [3.8, 4) is 0 Å². The van der Waals surface area contributed by atoms with E-state index in [1.54, 1.807) is 38.1 Å². The van der Waals surface area contributed by atoms with Gasteiger partial charge in [0.25, 0.3) is 5.69 Å². The standard InChI is InChI=1S/C25H31ClN4O6S/c1-17-11-12-22(30(33)34)14-23(17)29(37(3,35)36)16-24(31)28(15-19-7-6-8-20(26)13-19)18(2)25(32)27-21-9-4-5-10-21/h6-8,11-14,18,21H,4-5,9-10,15-16H2,1-3H3,(H,27,32). The molecule has 2 aromatic carbocycles. The summed E-state index contributed by atoms with van der Waals surface area (Å²) in [5.41, 5.74) is 0.827. The molecule has 1 N–H and O–H groups in total. The van der Waals surface area contributed by atoms with Crippen LogP contribution in [0.25, 0.3) is 0 Å². The number of anilines is 1. The Hall–Kier alpha value is -3.18. The summed E-state index contributed by atoms with van der Waals surface area (Å²) in [7, 11) is -4.01. The maximum atomic E-state index is 13.6. The summed E-state index contributed by atoms with van der Waals surface area (Å²) < 4.78 is 26.3. The van der Waals surface area contributed by atoms with Crippen LogP contribution in [0.15, 0.2) is 42.5 Å². The smallest absolute Gasteiger partial charge is 0.271 e. The topological polar surface area (TPSA) is 130 Å². The molecule has 200 valence electrons. The second-order valence-corrected chi connectivity index (χ2v) is 11.7. The molecular weight excluding hydrogens is 520 g/mol. The first kappa shape index (κ1) is 28.4. The van der Waals surface area contributed by atoms with Gasteiger partial charge in [0.2, 0.25) is 21.8 Å². The average Bonchev–Trinajstić information content (AvgIpc) is 3.33. The predicted octanol–water partition coefficient (Wildman–Crippen LogP) is 3.80. The molecule has 2 aromatic rings. The first-order valence-corrected chi connectivity index (χ1v) is 14.2. The molecule has 0 aliphatic heterocycles. The van der Waals surface area contributed by atoms with E-state index >= 15 is 0 Å². The number of hydrogen-bond donors (Lipinski definition) is 1. The van der Waals surface area contributed by atoms with Crippen LogP contribution in [0.4, 0.5) is 11.4 Å². The first-order valence-electron chi connectivity index (χ1n) is 11.9.